The van der Waals surface area contributed by atoms with Crippen molar-refractivity contribution in [3.05, 3.63) is 0 Å². The molecular formula is C10H20ClO2Si. The average molecular weight is 236 g/mol. The summed E-state index contributed by atoms with van der Waals surface area (Å²) in [5.74, 6) is 0.620. The van der Waals surface area contributed by atoms with Crippen molar-refractivity contribution in [1.29, 1.82) is 0 Å². The highest BCUT2D eigenvalue weighted by molar-refractivity contribution is 6.18. The SMILES string of the molecule is CC(C)OC([Si])(CCCCl)OC(C)C. The van der Waals surface area contributed by atoms with Crippen LogP contribution < -0.4 is 0 Å². The van der Waals surface area contributed by atoms with Crippen LogP contribution in [0.25, 0.3) is 0 Å². The molecule has 14 heavy (non-hydrogen) atoms. The first kappa shape index (κ1) is 14.4. The summed E-state index contributed by atoms with van der Waals surface area (Å²) < 4.78 is 11.4. The van der Waals surface area contributed by atoms with Crippen molar-refractivity contribution in [1.82, 2.24) is 0 Å². The molecule has 0 N–H and O–H groups in total. The van der Waals surface area contributed by atoms with Gasteiger partial charge in [0, 0.05) is 5.88 Å². The molecule has 0 aromatic carbocycles. The maximum Gasteiger partial charge on any atom is 0.145 e. The molecule has 4 heteroatoms. The van der Waals surface area contributed by atoms with Gasteiger partial charge in [-0.1, -0.05) is 0 Å². The topological polar surface area (TPSA) is 18.5 Å². The number of hydrogen-bond donors (Lipinski definition) is 0. The summed E-state index contributed by atoms with van der Waals surface area (Å²) in [6.07, 6.45) is 1.87. The van der Waals surface area contributed by atoms with Crippen LogP contribution in [-0.4, -0.2) is 33.7 Å². The lowest BCUT2D eigenvalue weighted by atomic mass is 10.3. The van der Waals surface area contributed by atoms with E-state index in [1.807, 2.05) is 27.7 Å². The second-order valence-electron chi connectivity index (χ2n) is 3.88. The van der Waals surface area contributed by atoms with Gasteiger partial charge in [-0.3, -0.25) is 0 Å². The predicted molar refractivity (Wildman–Crippen MR) is 60.9 cm³/mol. The van der Waals surface area contributed by atoms with Crippen LogP contribution in [0.15, 0.2) is 0 Å². The van der Waals surface area contributed by atoms with Gasteiger partial charge in [-0.25, -0.2) is 0 Å². The third kappa shape index (κ3) is 6.82. The van der Waals surface area contributed by atoms with Crippen molar-refractivity contribution >= 4 is 21.8 Å². The first-order chi connectivity index (χ1) is 6.39. The summed E-state index contributed by atoms with van der Waals surface area (Å²) in [5, 5.41) is 0. The van der Waals surface area contributed by atoms with Crippen LogP contribution in [0.1, 0.15) is 40.5 Å². The molecule has 83 valence electrons. The van der Waals surface area contributed by atoms with Crippen molar-refractivity contribution in [2.45, 2.75) is 58.2 Å². The van der Waals surface area contributed by atoms with E-state index in [1.165, 1.54) is 0 Å². The minimum absolute atomic E-state index is 0.126. The Kier molecular flexibility index (Phi) is 7.04. The van der Waals surface area contributed by atoms with Crippen molar-refractivity contribution in [2.24, 2.45) is 0 Å². The number of halogens is 1. The quantitative estimate of drug-likeness (QED) is 0.384. The monoisotopic (exact) mass is 235 g/mol. The normalized spacial score (nSPS) is 12.9. The van der Waals surface area contributed by atoms with Gasteiger partial charge in [-0.2, -0.15) is 0 Å². The van der Waals surface area contributed by atoms with Gasteiger partial charge in [0.25, 0.3) is 0 Å². The molecule has 0 saturated heterocycles. The summed E-state index contributed by atoms with van der Waals surface area (Å²) in [4.78, 5) is 0. The van der Waals surface area contributed by atoms with Gasteiger partial charge in [0.2, 0.25) is 0 Å². The molecule has 2 nitrogen and oxygen atoms in total. The van der Waals surface area contributed by atoms with Crippen LogP contribution in [0.2, 0.25) is 0 Å². The van der Waals surface area contributed by atoms with Gasteiger partial charge in [0.05, 0.1) is 12.2 Å². The Morgan fingerprint density at radius 3 is 1.86 bits per heavy atom. The molecule has 0 rings (SSSR count). The van der Waals surface area contributed by atoms with Gasteiger partial charge in [-0.05, 0) is 40.5 Å². The Labute approximate surface area is 95.7 Å². The van der Waals surface area contributed by atoms with E-state index in [1.54, 1.807) is 0 Å². The zero-order chi connectivity index (χ0) is 11.2. The molecule has 0 aliphatic rings. The lowest BCUT2D eigenvalue weighted by Crippen LogP contribution is -2.41. The molecule has 0 fully saturated rings. The molecule has 0 spiro atoms. The van der Waals surface area contributed by atoms with E-state index < -0.39 is 5.41 Å². The van der Waals surface area contributed by atoms with Crippen molar-refractivity contribution < 1.29 is 9.47 Å². The van der Waals surface area contributed by atoms with Crippen LogP contribution in [0.4, 0.5) is 0 Å². The Hall–Kier alpha value is 0.427. The Morgan fingerprint density at radius 1 is 1.14 bits per heavy atom. The van der Waals surface area contributed by atoms with E-state index in [0.29, 0.717) is 5.88 Å². The highest BCUT2D eigenvalue weighted by Gasteiger charge is 2.27. The average Bonchev–Trinajstić information content (AvgIpc) is 1.97. The predicted octanol–water partition coefficient (Wildman–Crippen LogP) is 2.68. The molecule has 0 aliphatic carbocycles. The van der Waals surface area contributed by atoms with E-state index in [4.69, 9.17) is 21.1 Å². The van der Waals surface area contributed by atoms with E-state index in [9.17, 15) is 0 Å². The van der Waals surface area contributed by atoms with Gasteiger partial charge in [0.1, 0.15) is 15.7 Å². The highest BCUT2D eigenvalue weighted by Crippen LogP contribution is 2.20. The van der Waals surface area contributed by atoms with Crippen molar-refractivity contribution in [2.75, 3.05) is 5.88 Å². The van der Waals surface area contributed by atoms with E-state index >= 15 is 0 Å². The van der Waals surface area contributed by atoms with E-state index in [0.717, 1.165) is 12.8 Å². The fourth-order valence-electron chi connectivity index (χ4n) is 1.21. The van der Waals surface area contributed by atoms with Crippen LogP contribution in [0.5, 0.6) is 0 Å². The summed E-state index contributed by atoms with van der Waals surface area (Å²) in [6.45, 7) is 7.94. The van der Waals surface area contributed by atoms with Crippen LogP contribution in [-0.2, 0) is 9.47 Å². The number of alkyl halides is 1. The van der Waals surface area contributed by atoms with Gasteiger partial charge >= 0.3 is 0 Å². The summed E-state index contributed by atoms with van der Waals surface area (Å²) in [5.41, 5.74) is -0.683. The second kappa shape index (κ2) is 6.83. The lowest BCUT2D eigenvalue weighted by Gasteiger charge is -2.33. The fourth-order valence-corrected chi connectivity index (χ4v) is 1.99. The summed E-state index contributed by atoms with van der Waals surface area (Å²) in [7, 11) is 3.54. The lowest BCUT2D eigenvalue weighted by molar-refractivity contribution is -0.217. The first-order valence-electron chi connectivity index (χ1n) is 5.06. The van der Waals surface area contributed by atoms with Crippen LogP contribution >= 0.6 is 11.6 Å². The molecule has 0 heterocycles. The molecule has 0 aromatic heterocycles. The Bertz CT molecular complexity index is 141. The zero-order valence-electron chi connectivity index (χ0n) is 9.47. The Morgan fingerprint density at radius 2 is 1.57 bits per heavy atom. The molecule has 0 aromatic rings. The molecular weight excluding hydrogens is 216 g/mol. The summed E-state index contributed by atoms with van der Waals surface area (Å²) >= 11 is 5.65. The number of rotatable bonds is 7. The smallest absolute Gasteiger partial charge is 0.145 e. The highest BCUT2D eigenvalue weighted by atomic mass is 35.5. The van der Waals surface area contributed by atoms with E-state index in [2.05, 4.69) is 10.2 Å². The molecule has 0 amide bonds. The minimum Gasteiger partial charge on any atom is -0.352 e. The maximum atomic E-state index is 5.68. The van der Waals surface area contributed by atoms with Crippen LogP contribution in [0.3, 0.4) is 0 Å². The van der Waals surface area contributed by atoms with Gasteiger partial charge in [0.15, 0.2) is 0 Å². The second-order valence-corrected chi connectivity index (χ2v) is 5.02. The standard InChI is InChI=1S/C10H20ClO2Si/c1-8(2)12-10(14,6-5-7-11)13-9(3)4/h8-9H,5-7H2,1-4H3. The fraction of sp³-hybridized carbons (Fsp3) is 1.00. The molecule has 0 saturated carbocycles. The first-order valence-corrected chi connectivity index (χ1v) is 6.09. The summed E-state index contributed by atoms with van der Waals surface area (Å²) in [6, 6.07) is 0. The minimum atomic E-state index is -0.683. The zero-order valence-corrected chi connectivity index (χ0v) is 11.2. The Balaban J connectivity index is 4.17. The molecule has 0 bridgehead atoms. The molecule has 0 unspecified atom stereocenters. The van der Waals surface area contributed by atoms with Gasteiger partial charge in [-0.15, -0.1) is 11.6 Å². The number of ether oxygens (including phenoxy) is 2. The molecule has 3 radical (unpaired) electrons. The van der Waals surface area contributed by atoms with Gasteiger partial charge < -0.3 is 9.47 Å². The van der Waals surface area contributed by atoms with E-state index in [-0.39, 0.29) is 12.2 Å². The molecule has 0 atom stereocenters. The van der Waals surface area contributed by atoms with Crippen molar-refractivity contribution in [3.63, 3.8) is 0 Å². The largest absolute Gasteiger partial charge is 0.352 e. The third-order valence-corrected chi connectivity index (χ3v) is 2.24. The van der Waals surface area contributed by atoms with Crippen molar-refractivity contribution in [3.8, 4) is 0 Å². The molecule has 0 aliphatic heterocycles. The third-order valence-electron chi connectivity index (χ3n) is 1.49. The van der Waals surface area contributed by atoms with Crippen LogP contribution in [0, 0.1) is 0 Å². The number of hydrogen-bond acceptors (Lipinski definition) is 2. The maximum absolute atomic E-state index is 5.68.